The standard InChI is InChI=1S/C17H21N3O5S/c1-11(17(22)25-12(2)16(21)20-9-5-6-10-20)18-15-13-7-3-4-8-14(13)26(23,24)19-15/h3-4,7-8,11-12H,5-6,9-10H2,1-2H3,(H,18,19)/t11-,12+/m0/s1. The Kier molecular flexibility index (Phi) is 4.99. The molecule has 0 spiro atoms. The first-order chi connectivity index (χ1) is 12.3. The van der Waals surface area contributed by atoms with Gasteiger partial charge < -0.3 is 9.64 Å². The van der Waals surface area contributed by atoms with Gasteiger partial charge >= 0.3 is 5.97 Å². The number of hydrogen-bond acceptors (Lipinski definition) is 6. The number of esters is 1. The second-order valence-electron chi connectivity index (χ2n) is 6.37. The van der Waals surface area contributed by atoms with Crippen LogP contribution < -0.4 is 4.72 Å². The lowest BCUT2D eigenvalue weighted by Crippen LogP contribution is -2.39. The van der Waals surface area contributed by atoms with Crippen LogP contribution in [-0.4, -0.2) is 56.3 Å². The van der Waals surface area contributed by atoms with Crippen LogP contribution in [0.3, 0.4) is 0 Å². The summed E-state index contributed by atoms with van der Waals surface area (Å²) < 4.78 is 31.7. The van der Waals surface area contributed by atoms with Gasteiger partial charge in [0, 0.05) is 18.7 Å². The molecule has 0 unspecified atom stereocenters. The molecule has 2 aliphatic heterocycles. The molecule has 2 aliphatic rings. The van der Waals surface area contributed by atoms with Crippen molar-refractivity contribution in [2.24, 2.45) is 4.99 Å². The Bertz CT molecular complexity index is 859. The highest BCUT2D eigenvalue weighted by atomic mass is 32.2. The van der Waals surface area contributed by atoms with E-state index in [2.05, 4.69) is 9.71 Å². The molecular formula is C17H21N3O5S. The minimum Gasteiger partial charge on any atom is -0.451 e. The normalized spacial score (nSPS) is 21.8. The molecule has 9 heteroatoms. The van der Waals surface area contributed by atoms with Crippen molar-refractivity contribution in [1.29, 1.82) is 0 Å². The number of nitrogens with one attached hydrogen (secondary N) is 1. The van der Waals surface area contributed by atoms with E-state index in [1.165, 1.54) is 19.9 Å². The minimum absolute atomic E-state index is 0.101. The maximum atomic E-state index is 12.3. The van der Waals surface area contributed by atoms with Gasteiger partial charge in [-0.2, -0.15) is 0 Å². The van der Waals surface area contributed by atoms with E-state index < -0.39 is 28.1 Å². The molecule has 0 saturated carbocycles. The third-order valence-corrected chi connectivity index (χ3v) is 5.78. The number of sulfonamides is 1. The molecule has 0 bridgehead atoms. The van der Waals surface area contributed by atoms with E-state index in [-0.39, 0.29) is 16.6 Å². The molecule has 0 aromatic heterocycles. The first kappa shape index (κ1) is 18.4. The zero-order valence-electron chi connectivity index (χ0n) is 14.6. The number of benzene rings is 1. The van der Waals surface area contributed by atoms with Crippen LogP contribution in [0.4, 0.5) is 0 Å². The van der Waals surface area contributed by atoms with Gasteiger partial charge in [-0.15, -0.1) is 0 Å². The fraction of sp³-hybridized carbons (Fsp3) is 0.471. The van der Waals surface area contributed by atoms with Crippen molar-refractivity contribution >= 4 is 27.7 Å². The fourth-order valence-corrected chi connectivity index (χ4v) is 4.23. The largest absolute Gasteiger partial charge is 0.451 e. The van der Waals surface area contributed by atoms with Crippen LogP contribution in [0.2, 0.25) is 0 Å². The van der Waals surface area contributed by atoms with Crippen molar-refractivity contribution in [3.8, 4) is 0 Å². The number of fused-ring (bicyclic) bond motifs is 1. The van der Waals surface area contributed by atoms with Crippen LogP contribution in [0.15, 0.2) is 34.2 Å². The van der Waals surface area contributed by atoms with Crippen molar-refractivity contribution in [2.75, 3.05) is 13.1 Å². The molecule has 0 aliphatic carbocycles. The van der Waals surface area contributed by atoms with E-state index in [9.17, 15) is 18.0 Å². The lowest BCUT2D eigenvalue weighted by Gasteiger charge is -2.21. The van der Waals surface area contributed by atoms with Crippen molar-refractivity contribution in [3.05, 3.63) is 29.8 Å². The van der Waals surface area contributed by atoms with E-state index >= 15 is 0 Å². The molecule has 2 heterocycles. The summed E-state index contributed by atoms with van der Waals surface area (Å²) in [6.45, 7) is 4.39. The Morgan fingerprint density at radius 3 is 2.54 bits per heavy atom. The Labute approximate surface area is 152 Å². The van der Waals surface area contributed by atoms with Crippen LogP contribution in [0.1, 0.15) is 32.3 Å². The van der Waals surface area contributed by atoms with Crippen molar-refractivity contribution in [3.63, 3.8) is 0 Å². The summed E-state index contributed by atoms with van der Waals surface area (Å²) in [6.07, 6.45) is 1.02. The second-order valence-corrected chi connectivity index (χ2v) is 8.02. The Morgan fingerprint density at radius 2 is 1.85 bits per heavy atom. The predicted octanol–water partition coefficient (Wildman–Crippen LogP) is 0.668. The molecule has 1 aromatic rings. The van der Waals surface area contributed by atoms with Gasteiger partial charge in [0.05, 0.1) is 4.90 Å². The summed E-state index contributed by atoms with van der Waals surface area (Å²) >= 11 is 0. The Morgan fingerprint density at radius 1 is 1.19 bits per heavy atom. The number of carbonyl (C=O) groups is 2. The van der Waals surface area contributed by atoms with Crippen LogP contribution in [-0.2, 0) is 24.3 Å². The van der Waals surface area contributed by atoms with E-state index in [1.54, 1.807) is 23.1 Å². The summed E-state index contributed by atoms with van der Waals surface area (Å²) in [5.41, 5.74) is 0.411. The first-order valence-corrected chi connectivity index (χ1v) is 9.97. The summed E-state index contributed by atoms with van der Waals surface area (Å²) in [5.74, 6) is -0.799. The summed E-state index contributed by atoms with van der Waals surface area (Å²) in [6, 6.07) is 5.44. The van der Waals surface area contributed by atoms with Gasteiger partial charge in [0.2, 0.25) is 0 Å². The zero-order valence-corrected chi connectivity index (χ0v) is 15.5. The molecule has 1 fully saturated rings. The van der Waals surface area contributed by atoms with Crippen LogP contribution in [0, 0.1) is 0 Å². The van der Waals surface area contributed by atoms with Gasteiger partial charge in [-0.05, 0) is 38.8 Å². The zero-order chi connectivity index (χ0) is 18.9. The van der Waals surface area contributed by atoms with Crippen LogP contribution >= 0.6 is 0 Å². The number of carbonyl (C=O) groups excluding carboxylic acids is 2. The number of ether oxygens (including phenoxy) is 1. The van der Waals surface area contributed by atoms with Gasteiger partial charge in [-0.3, -0.25) is 14.5 Å². The van der Waals surface area contributed by atoms with E-state index in [4.69, 9.17) is 4.74 Å². The molecule has 3 rings (SSSR count). The number of amides is 1. The van der Waals surface area contributed by atoms with Crippen molar-refractivity contribution in [1.82, 2.24) is 9.62 Å². The van der Waals surface area contributed by atoms with E-state index in [0.717, 1.165) is 12.8 Å². The van der Waals surface area contributed by atoms with Gasteiger partial charge in [-0.1, -0.05) is 12.1 Å². The van der Waals surface area contributed by atoms with Crippen molar-refractivity contribution < 1.29 is 22.7 Å². The maximum Gasteiger partial charge on any atom is 0.331 e. The number of aliphatic imine (C=N–C) groups is 1. The Balaban J connectivity index is 1.70. The summed E-state index contributed by atoms with van der Waals surface area (Å²) in [5, 5.41) is 0. The molecule has 140 valence electrons. The van der Waals surface area contributed by atoms with Gasteiger partial charge in [0.25, 0.3) is 15.9 Å². The third-order valence-electron chi connectivity index (χ3n) is 4.39. The molecule has 0 radical (unpaired) electrons. The van der Waals surface area contributed by atoms with Gasteiger partial charge in [-0.25, -0.2) is 13.2 Å². The average Bonchev–Trinajstić information content (AvgIpc) is 3.22. The molecule has 1 N–H and O–H groups in total. The molecule has 2 atom stereocenters. The molecule has 1 saturated heterocycles. The highest BCUT2D eigenvalue weighted by Crippen LogP contribution is 2.22. The number of hydrogen-bond donors (Lipinski definition) is 1. The average molecular weight is 379 g/mol. The van der Waals surface area contributed by atoms with Gasteiger partial charge in [0.15, 0.2) is 6.10 Å². The van der Waals surface area contributed by atoms with Gasteiger partial charge in [0.1, 0.15) is 11.9 Å². The quantitative estimate of drug-likeness (QED) is 0.774. The first-order valence-electron chi connectivity index (χ1n) is 8.49. The lowest BCUT2D eigenvalue weighted by atomic mass is 10.2. The Hall–Kier alpha value is -2.42. The number of likely N-dealkylation sites (tertiary alicyclic amines) is 1. The minimum atomic E-state index is -3.67. The number of nitrogens with zero attached hydrogens (tertiary/aromatic N) is 2. The predicted molar refractivity (Wildman–Crippen MR) is 94.1 cm³/mol. The smallest absolute Gasteiger partial charge is 0.331 e. The summed E-state index contributed by atoms with van der Waals surface area (Å²) in [7, 11) is -3.67. The number of rotatable bonds is 4. The van der Waals surface area contributed by atoms with E-state index in [0.29, 0.717) is 18.7 Å². The third kappa shape index (κ3) is 3.57. The second kappa shape index (κ2) is 7.06. The molecule has 26 heavy (non-hydrogen) atoms. The monoisotopic (exact) mass is 379 g/mol. The topological polar surface area (TPSA) is 105 Å². The maximum absolute atomic E-state index is 12.3. The lowest BCUT2D eigenvalue weighted by molar-refractivity contribution is -0.159. The highest BCUT2D eigenvalue weighted by molar-refractivity contribution is 7.90. The molecule has 8 nitrogen and oxygen atoms in total. The molecule has 1 amide bonds. The number of amidine groups is 1. The van der Waals surface area contributed by atoms with E-state index in [1.807, 2.05) is 0 Å². The van der Waals surface area contributed by atoms with Crippen molar-refractivity contribution in [2.45, 2.75) is 43.7 Å². The summed E-state index contributed by atoms with van der Waals surface area (Å²) in [4.78, 5) is 30.4. The highest BCUT2D eigenvalue weighted by Gasteiger charge is 2.32. The van der Waals surface area contributed by atoms with Crippen LogP contribution in [0.5, 0.6) is 0 Å². The fourth-order valence-electron chi connectivity index (χ4n) is 2.99. The van der Waals surface area contributed by atoms with Crippen LogP contribution in [0.25, 0.3) is 0 Å². The molecular weight excluding hydrogens is 358 g/mol. The SMILES string of the molecule is C[C@H](N=C1NS(=O)(=O)c2ccccc21)C(=O)O[C@H](C)C(=O)N1CCCC1. The molecule has 1 aromatic carbocycles.